The quantitative estimate of drug-likeness (QED) is 0.843. The standard InChI is InChI=1S/C15H24ClN3/c1-14(2,3)17-9-12-18-11-6-7-15(4,5)8-10(11)13(16)19-12/h17H,6-9H2,1-5H3. The minimum Gasteiger partial charge on any atom is -0.305 e. The van der Waals surface area contributed by atoms with Crippen molar-refractivity contribution in [3.8, 4) is 0 Å². The Morgan fingerprint density at radius 1 is 1.26 bits per heavy atom. The van der Waals surface area contributed by atoms with Gasteiger partial charge in [0.2, 0.25) is 0 Å². The molecule has 1 aliphatic carbocycles. The molecule has 1 heterocycles. The van der Waals surface area contributed by atoms with Crippen LogP contribution in [0.4, 0.5) is 0 Å². The van der Waals surface area contributed by atoms with Crippen LogP contribution < -0.4 is 5.32 Å². The number of hydrogen-bond acceptors (Lipinski definition) is 3. The average molecular weight is 282 g/mol. The molecule has 0 radical (unpaired) electrons. The van der Waals surface area contributed by atoms with E-state index in [0.29, 0.717) is 17.1 Å². The van der Waals surface area contributed by atoms with Crippen LogP contribution in [0.15, 0.2) is 0 Å². The molecule has 3 nitrogen and oxygen atoms in total. The second-order valence-corrected chi connectivity index (χ2v) is 7.66. The fourth-order valence-corrected chi connectivity index (χ4v) is 2.65. The van der Waals surface area contributed by atoms with Crippen molar-refractivity contribution in [1.29, 1.82) is 0 Å². The normalized spacial score (nSPS) is 18.2. The van der Waals surface area contributed by atoms with Crippen LogP contribution in [0.2, 0.25) is 5.15 Å². The molecule has 106 valence electrons. The summed E-state index contributed by atoms with van der Waals surface area (Å²) in [7, 11) is 0. The van der Waals surface area contributed by atoms with Crippen molar-refractivity contribution in [1.82, 2.24) is 15.3 Å². The van der Waals surface area contributed by atoms with E-state index in [1.54, 1.807) is 0 Å². The van der Waals surface area contributed by atoms with E-state index < -0.39 is 0 Å². The Hall–Kier alpha value is -0.670. The fourth-order valence-electron chi connectivity index (χ4n) is 2.38. The van der Waals surface area contributed by atoms with Crippen molar-refractivity contribution >= 4 is 11.6 Å². The lowest BCUT2D eigenvalue weighted by Gasteiger charge is -2.31. The largest absolute Gasteiger partial charge is 0.305 e. The van der Waals surface area contributed by atoms with Crippen LogP contribution in [0.3, 0.4) is 0 Å². The molecule has 0 atom stereocenters. The summed E-state index contributed by atoms with van der Waals surface area (Å²) in [5.41, 5.74) is 2.67. The molecule has 0 aliphatic heterocycles. The third-order valence-corrected chi connectivity index (χ3v) is 3.87. The molecular weight excluding hydrogens is 258 g/mol. The van der Waals surface area contributed by atoms with Gasteiger partial charge in [-0.2, -0.15) is 0 Å². The maximum absolute atomic E-state index is 6.35. The second kappa shape index (κ2) is 5.02. The number of aryl methyl sites for hydroxylation is 1. The van der Waals surface area contributed by atoms with Gasteiger partial charge >= 0.3 is 0 Å². The first-order chi connectivity index (χ1) is 8.66. The van der Waals surface area contributed by atoms with E-state index in [9.17, 15) is 0 Å². The first-order valence-electron chi connectivity index (χ1n) is 6.95. The maximum Gasteiger partial charge on any atom is 0.144 e. The van der Waals surface area contributed by atoms with Crippen LogP contribution in [0, 0.1) is 5.41 Å². The summed E-state index contributed by atoms with van der Waals surface area (Å²) in [5.74, 6) is 0.804. The van der Waals surface area contributed by atoms with E-state index in [2.05, 4.69) is 49.9 Å². The molecule has 0 saturated heterocycles. The monoisotopic (exact) mass is 281 g/mol. The molecule has 0 bridgehead atoms. The van der Waals surface area contributed by atoms with Gasteiger partial charge in [0, 0.05) is 16.8 Å². The van der Waals surface area contributed by atoms with Gasteiger partial charge in [-0.3, -0.25) is 0 Å². The molecule has 0 aromatic carbocycles. The van der Waals surface area contributed by atoms with Crippen LogP contribution in [0.25, 0.3) is 0 Å². The fraction of sp³-hybridized carbons (Fsp3) is 0.733. The molecule has 1 aromatic rings. The molecule has 0 amide bonds. The smallest absolute Gasteiger partial charge is 0.144 e. The van der Waals surface area contributed by atoms with Crippen molar-refractivity contribution in [2.45, 2.75) is 66.0 Å². The molecule has 0 spiro atoms. The Kier molecular flexibility index (Phi) is 3.90. The van der Waals surface area contributed by atoms with Crippen molar-refractivity contribution in [2.24, 2.45) is 5.41 Å². The third kappa shape index (κ3) is 3.90. The zero-order valence-corrected chi connectivity index (χ0v) is 13.4. The van der Waals surface area contributed by atoms with Gasteiger partial charge in [-0.15, -0.1) is 0 Å². The highest BCUT2D eigenvalue weighted by Crippen LogP contribution is 2.36. The Morgan fingerprint density at radius 2 is 1.95 bits per heavy atom. The number of halogens is 1. The summed E-state index contributed by atoms with van der Waals surface area (Å²) in [6, 6.07) is 0. The molecule has 1 N–H and O–H groups in total. The molecule has 0 fully saturated rings. The van der Waals surface area contributed by atoms with Gasteiger partial charge < -0.3 is 5.32 Å². The predicted molar refractivity (Wildman–Crippen MR) is 79.4 cm³/mol. The zero-order chi connectivity index (χ0) is 14.3. The summed E-state index contributed by atoms with van der Waals surface area (Å²) in [6.45, 7) is 11.6. The van der Waals surface area contributed by atoms with E-state index in [-0.39, 0.29) is 5.54 Å². The van der Waals surface area contributed by atoms with Crippen LogP contribution in [-0.4, -0.2) is 15.5 Å². The summed E-state index contributed by atoms with van der Waals surface area (Å²) in [5, 5.41) is 4.05. The number of nitrogens with one attached hydrogen (secondary N) is 1. The van der Waals surface area contributed by atoms with Crippen molar-refractivity contribution in [2.75, 3.05) is 0 Å². The summed E-state index contributed by atoms with van der Waals surface area (Å²) in [6.07, 6.45) is 3.15. The molecule has 4 heteroatoms. The number of aromatic nitrogens is 2. The van der Waals surface area contributed by atoms with Crippen molar-refractivity contribution < 1.29 is 0 Å². The molecule has 0 saturated carbocycles. The molecule has 19 heavy (non-hydrogen) atoms. The molecule has 1 aromatic heterocycles. The number of rotatable bonds is 2. The van der Waals surface area contributed by atoms with E-state index in [1.807, 2.05) is 0 Å². The topological polar surface area (TPSA) is 37.8 Å². The van der Waals surface area contributed by atoms with Gasteiger partial charge in [0.25, 0.3) is 0 Å². The van der Waals surface area contributed by atoms with Crippen LogP contribution in [-0.2, 0) is 19.4 Å². The van der Waals surface area contributed by atoms with E-state index in [1.165, 1.54) is 6.42 Å². The SMILES string of the molecule is CC1(C)CCc2nc(CNC(C)(C)C)nc(Cl)c2C1. The Morgan fingerprint density at radius 3 is 2.58 bits per heavy atom. The van der Waals surface area contributed by atoms with Crippen LogP contribution in [0.1, 0.15) is 58.1 Å². The number of nitrogens with zero attached hydrogens (tertiary/aromatic N) is 2. The summed E-state index contributed by atoms with van der Waals surface area (Å²) < 4.78 is 0. The minimum atomic E-state index is 0.0632. The highest BCUT2D eigenvalue weighted by Gasteiger charge is 2.28. The van der Waals surface area contributed by atoms with Crippen LogP contribution >= 0.6 is 11.6 Å². The molecule has 1 aliphatic rings. The Labute approximate surface area is 121 Å². The van der Waals surface area contributed by atoms with Crippen molar-refractivity contribution in [3.63, 3.8) is 0 Å². The highest BCUT2D eigenvalue weighted by molar-refractivity contribution is 6.30. The Bertz CT molecular complexity index is 475. The van der Waals surface area contributed by atoms with E-state index in [4.69, 9.17) is 11.6 Å². The zero-order valence-electron chi connectivity index (χ0n) is 12.6. The lowest BCUT2D eigenvalue weighted by atomic mass is 9.76. The van der Waals surface area contributed by atoms with Gasteiger partial charge in [0.05, 0.1) is 6.54 Å². The first-order valence-corrected chi connectivity index (χ1v) is 7.33. The average Bonchev–Trinajstić information content (AvgIpc) is 2.26. The van der Waals surface area contributed by atoms with E-state index in [0.717, 1.165) is 29.9 Å². The summed E-state index contributed by atoms with van der Waals surface area (Å²) >= 11 is 6.35. The third-order valence-electron chi connectivity index (χ3n) is 3.56. The molecule has 2 rings (SSSR count). The van der Waals surface area contributed by atoms with Gasteiger partial charge in [0.1, 0.15) is 11.0 Å². The minimum absolute atomic E-state index is 0.0632. The van der Waals surface area contributed by atoms with Crippen molar-refractivity contribution in [3.05, 3.63) is 22.2 Å². The predicted octanol–water partition coefficient (Wildman–Crippen LogP) is 3.53. The molecule has 0 unspecified atom stereocenters. The summed E-state index contributed by atoms with van der Waals surface area (Å²) in [4.78, 5) is 9.13. The number of hydrogen-bond donors (Lipinski definition) is 1. The van der Waals surface area contributed by atoms with E-state index >= 15 is 0 Å². The molecular formula is C15H24ClN3. The lowest BCUT2D eigenvalue weighted by Crippen LogP contribution is -2.36. The van der Waals surface area contributed by atoms with Gasteiger partial charge in [-0.05, 0) is 45.4 Å². The van der Waals surface area contributed by atoms with Gasteiger partial charge in [-0.25, -0.2) is 9.97 Å². The first kappa shape index (κ1) is 14.7. The van der Waals surface area contributed by atoms with Gasteiger partial charge in [0.15, 0.2) is 0 Å². The maximum atomic E-state index is 6.35. The van der Waals surface area contributed by atoms with Crippen LogP contribution in [0.5, 0.6) is 0 Å². The highest BCUT2D eigenvalue weighted by atomic mass is 35.5. The lowest BCUT2D eigenvalue weighted by molar-refractivity contribution is 0.310. The number of fused-ring (bicyclic) bond motifs is 1. The second-order valence-electron chi connectivity index (χ2n) is 7.30. The Balaban J connectivity index is 2.21. The van der Waals surface area contributed by atoms with Gasteiger partial charge in [-0.1, -0.05) is 25.4 Å².